The van der Waals surface area contributed by atoms with Crippen LogP contribution in [-0.2, 0) is 6.61 Å². The molecule has 7 heteroatoms. The van der Waals surface area contributed by atoms with Gasteiger partial charge in [0.2, 0.25) is 0 Å². The second-order valence-corrected chi connectivity index (χ2v) is 6.90. The molecule has 4 rings (SSSR count). The number of rotatable bonds is 6. The Kier molecular flexibility index (Phi) is 5.61. The number of furan rings is 2. The second-order valence-electron chi connectivity index (χ2n) is 6.46. The number of nitrogens with one attached hydrogen (secondary N) is 1. The minimum absolute atomic E-state index is 0.179. The second kappa shape index (κ2) is 8.49. The molecule has 0 unspecified atom stereocenters. The number of methoxy groups -OCH3 is 1. The molecule has 6 nitrogen and oxygen atoms in total. The maximum absolute atomic E-state index is 12.7. The van der Waals surface area contributed by atoms with Crippen molar-refractivity contribution in [1.29, 1.82) is 0 Å². The van der Waals surface area contributed by atoms with Crippen LogP contribution in [0.5, 0.6) is 5.75 Å². The molecule has 0 aliphatic heterocycles. The van der Waals surface area contributed by atoms with Crippen LogP contribution in [0, 0.1) is 0 Å². The molecule has 0 aliphatic carbocycles. The Morgan fingerprint density at radius 3 is 2.47 bits per heavy atom. The van der Waals surface area contributed by atoms with Gasteiger partial charge in [-0.25, -0.2) is 0 Å². The van der Waals surface area contributed by atoms with Crippen LogP contribution in [0.1, 0.15) is 16.3 Å². The number of benzene rings is 2. The van der Waals surface area contributed by atoms with Crippen LogP contribution in [-0.4, -0.2) is 18.1 Å². The summed E-state index contributed by atoms with van der Waals surface area (Å²) in [4.78, 5) is 12.7. The molecule has 0 saturated carbocycles. The number of ether oxygens (including phenoxy) is 1. The Labute approximate surface area is 177 Å². The molecule has 2 N–H and O–H groups in total. The summed E-state index contributed by atoms with van der Waals surface area (Å²) in [7, 11) is 1.55. The Balaban J connectivity index is 1.56. The number of carbonyl (C=O) groups excluding carboxylic acids is 1. The molecule has 2 heterocycles. The molecular weight excluding hydrogens is 406 g/mol. The van der Waals surface area contributed by atoms with E-state index in [0.717, 1.165) is 5.56 Å². The Morgan fingerprint density at radius 1 is 1.00 bits per heavy atom. The molecular formula is C23H18ClNO5. The molecule has 0 radical (unpaired) electrons. The van der Waals surface area contributed by atoms with E-state index < -0.39 is 0 Å². The summed E-state index contributed by atoms with van der Waals surface area (Å²) in [5.41, 5.74) is 2.01. The van der Waals surface area contributed by atoms with Crippen LogP contribution < -0.4 is 10.1 Å². The average molecular weight is 424 g/mol. The van der Waals surface area contributed by atoms with E-state index in [2.05, 4.69) is 5.32 Å². The highest BCUT2D eigenvalue weighted by Gasteiger charge is 2.16. The summed E-state index contributed by atoms with van der Waals surface area (Å²) in [6.45, 7) is -0.201. The van der Waals surface area contributed by atoms with Gasteiger partial charge in [0.15, 0.2) is 5.76 Å². The van der Waals surface area contributed by atoms with Crippen molar-refractivity contribution in [1.82, 2.24) is 0 Å². The van der Waals surface area contributed by atoms with Gasteiger partial charge in [-0.05, 0) is 66.7 Å². The molecule has 0 bridgehead atoms. The van der Waals surface area contributed by atoms with Gasteiger partial charge in [0.25, 0.3) is 5.91 Å². The Bertz CT molecular complexity index is 1180. The van der Waals surface area contributed by atoms with Gasteiger partial charge in [-0.3, -0.25) is 4.79 Å². The smallest absolute Gasteiger partial charge is 0.291 e. The molecule has 2 aromatic heterocycles. The van der Waals surface area contributed by atoms with Gasteiger partial charge in [0, 0.05) is 16.3 Å². The molecule has 0 fully saturated rings. The standard InChI is InChI=1S/C23H18ClNO5/c1-28-20-8-6-16(12-18(20)21-9-7-17(13-26)29-21)25-23(27)22-11-10-19(30-22)14-2-4-15(24)5-3-14/h2-12,26H,13H2,1H3,(H,25,27). The van der Waals surface area contributed by atoms with Gasteiger partial charge in [0.1, 0.15) is 29.6 Å². The lowest BCUT2D eigenvalue weighted by atomic mass is 10.1. The van der Waals surface area contributed by atoms with E-state index in [1.54, 1.807) is 61.7 Å². The zero-order valence-electron chi connectivity index (χ0n) is 16.0. The van der Waals surface area contributed by atoms with Gasteiger partial charge < -0.3 is 24.0 Å². The summed E-state index contributed by atoms with van der Waals surface area (Å²) >= 11 is 5.91. The molecule has 4 aromatic rings. The van der Waals surface area contributed by atoms with Crippen LogP contribution in [0.25, 0.3) is 22.6 Å². The topological polar surface area (TPSA) is 84.8 Å². The van der Waals surface area contributed by atoms with Gasteiger partial charge in [-0.15, -0.1) is 0 Å². The van der Waals surface area contributed by atoms with E-state index in [9.17, 15) is 9.90 Å². The first kappa shape index (κ1) is 19.8. The van der Waals surface area contributed by atoms with Crippen molar-refractivity contribution in [3.8, 4) is 28.4 Å². The minimum Gasteiger partial charge on any atom is -0.496 e. The van der Waals surface area contributed by atoms with Crippen molar-refractivity contribution in [2.24, 2.45) is 0 Å². The highest BCUT2D eigenvalue weighted by Crippen LogP contribution is 2.34. The van der Waals surface area contributed by atoms with E-state index in [0.29, 0.717) is 39.3 Å². The molecule has 0 saturated heterocycles. The zero-order valence-corrected chi connectivity index (χ0v) is 16.8. The fourth-order valence-electron chi connectivity index (χ4n) is 3.01. The van der Waals surface area contributed by atoms with E-state index in [4.69, 9.17) is 25.2 Å². The van der Waals surface area contributed by atoms with Crippen molar-refractivity contribution in [3.63, 3.8) is 0 Å². The molecule has 0 aliphatic rings. The van der Waals surface area contributed by atoms with Crippen molar-refractivity contribution >= 4 is 23.2 Å². The van der Waals surface area contributed by atoms with E-state index in [1.165, 1.54) is 0 Å². The predicted octanol–water partition coefficient (Wildman–Crippen LogP) is 5.61. The summed E-state index contributed by atoms with van der Waals surface area (Å²) in [5, 5.41) is 12.7. The first-order chi connectivity index (χ1) is 14.6. The van der Waals surface area contributed by atoms with Crippen LogP contribution in [0.3, 0.4) is 0 Å². The third-order valence-electron chi connectivity index (χ3n) is 4.50. The maximum atomic E-state index is 12.7. The Morgan fingerprint density at radius 2 is 1.77 bits per heavy atom. The van der Waals surface area contributed by atoms with Crippen LogP contribution >= 0.6 is 11.6 Å². The summed E-state index contributed by atoms with van der Waals surface area (Å²) in [6, 6.07) is 19.1. The van der Waals surface area contributed by atoms with E-state index in [1.807, 2.05) is 12.1 Å². The van der Waals surface area contributed by atoms with Gasteiger partial charge in [-0.1, -0.05) is 11.6 Å². The predicted molar refractivity (Wildman–Crippen MR) is 114 cm³/mol. The van der Waals surface area contributed by atoms with Crippen molar-refractivity contribution < 1.29 is 23.5 Å². The number of anilines is 1. The molecule has 0 atom stereocenters. The third-order valence-corrected chi connectivity index (χ3v) is 4.75. The SMILES string of the molecule is COc1ccc(NC(=O)c2ccc(-c3ccc(Cl)cc3)o2)cc1-c1ccc(CO)o1. The summed E-state index contributed by atoms with van der Waals surface area (Å²) in [6.07, 6.45) is 0. The van der Waals surface area contributed by atoms with Crippen LogP contribution in [0.15, 0.2) is 75.6 Å². The average Bonchev–Trinajstić information content (AvgIpc) is 3.44. The van der Waals surface area contributed by atoms with Gasteiger partial charge in [-0.2, -0.15) is 0 Å². The first-order valence-electron chi connectivity index (χ1n) is 9.12. The molecule has 1 amide bonds. The number of hydrogen-bond acceptors (Lipinski definition) is 5. The van der Waals surface area contributed by atoms with Crippen LogP contribution in [0.2, 0.25) is 5.02 Å². The van der Waals surface area contributed by atoms with Gasteiger partial charge >= 0.3 is 0 Å². The van der Waals surface area contributed by atoms with Crippen molar-refractivity contribution in [2.75, 3.05) is 12.4 Å². The summed E-state index contributed by atoms with van der Waals surface area (Å²) in [5.74, 6) is 1.90. The highest BCUT2D eigenvalue weighted by molar-refractivity contribution is 6.30. The van der Waals surface area contributed by atoms with Crippen LogP contribution in [0.4, 0.5) is 5.69 Å². The van der Waals surface area contributed by atoms with E-state index >= 15 is 0 Å². The maximum Gasteiger partial charge on any atom is 0.291 e. The lowest BCUT2D eigenvalue weighted by molar-refractivity contribution is 0.0997. The zero-order chi connectivity index (χ0) is 21.1. The molecule has 0 spiro atoms. The monoisotopic (exact) mass is 423 g/mol. The van der Waals surface area contributed by atoms with Crippen molar-refractivity contribution in [3.05, 3.63) is 83.3 Å². The fraction of sp³-hybridized carbons (Fsp3) is 0.0870. The number of halogens is 1. The largest absolute Gasteiger partial charge is 0.496 e. The fourth-order valence-corrected chi connectivity index (χ4v) is 3.13. The quantitative estimate of drug-likeness (QED) is 0.421. The number of hydrogen-bond donors (Lipinski definition) is 2. The lowest BCUT2D eigenvalue weighted by Gasteiger charge is -2.10. The molecule has 2 aromatic carbocycles. The van der Waals surface area contributed by atoms with Crippen molar-refractivity contribution in [2.45, 2.75) is 6.61 Å². The number of aliphatic hydroxyl groups excluding tert-OH is 1. The summed E-state index contributed by atoms with van der Waals surface area (Å²) < 4.78 is 16.7. The number of amides is 1. The molecule has 152 valence electrons. The first-order valence-corrected chi connectivity index (χ1v) is 9.50. The highest BCUT2D eigenvalue weighted by atomic mass is 35.5. The number of carbonyl (C=O) groups is 1. The minimum atomic E-state index is -0.387. The Hall–Kier alpha value is -3.48. The third kappa shape index (κ3) is 4.10. The normalized spacial score (nSPS) is 10.8. The van der Waals surface area contributed by atoms with E-state index in [-0.39, 0.29) is 18.3 Å². The lowest BCUT2D eigenvalue weighted by Crippen LogP contribution is -2.10. The molecule has 30 heavy (non-hydrogen) atoms. The van der Waals surface area contributed by atoms with Gasteiger partial charge in [0.05, 0.1) is 12.7 Å². The number of aliphatic hydroxyl groups is 1.